The number of hydrogen-bond donors (Lipinski definition) is 0. The molecular formula is C11H13BrO3. The van der Waals surface area contributed by atoms with Gasteiger partial charge in [-0.05, 0) is 41.1 Å². The zero-order valence-electron chi connectivity index (χ0n) is 8.53. The molecule has 1 aromatic carbocycles. The molecule has 0 N–H and O–H groups in total. The van der Waals surface area contributed by atoms with E-state index in [0.717, 1.165) is 22.3 Å². The number of hydrogen-bond acceptors (Lipinski definition) is 3. The maximum absolute atomic E-state index is 10.1. The van der Waals surface area contributed by atoms with Gasteiger partial charge in [0.15, 0.2) is 0 Å². The maximum atomic E-state index is 10.1. The van der Waals surface area contributed by atoms with E-state index in [1.54, 1.807) is 0 Å². The summed E-state index contributed by atoms with van der Waals surface area (Å²) >= 11 is 3.38. The molecule has 3 nitrogen and oxygen atoms in total. The second-order valence-electron chi connectivity index (χ2n) is 2.83. The molecule has 0 saturated heterocycles. The second-order valence-corrected chi connectivity index (χ2v) is 3.68. The quantitative estimate of drug-likeness (QED) is 0.590. The average molecular weight is 273 g/mol. The Labute approximate surface area is 97.5 Å². The van der Waals surface area contributed by atoms with Crippen LogP contribution in [0.3, 0.4) is 0 Å². The molecule has 0 amide bonds. The lowest BCUT2D eigenvalue weighted by molar-refractivity contribution is -0.108. The van der Waals surface area contributed by atoms with Crippen molar-refractivity contribution in [1.29, 1.82) is 0 Å². The predicted molar refractivity (Wildman–Crippen MR) is 61.5 cm³/mol. The van der Waals surface area contributed by atoms with Gasteiger partial charge in [-0.2, -0.15) is 0 Å². The van der Waals surface area contributed by atoms with Crippen LogP contribution in [0.2, 0.25) is 0 Å². The van der Waals surface area contributed by atoms with E-state index in [1.807, 2.05) is 25.1 Å². The summed E-state index contributed by atoms with van der Waals surface area (Å²) in [5.74, 6) is 1.52. The number of rotatable bonds is 6. The normalized spacial score (nSPS) is 9.73. The molecule has 0 aliphatic carbocycles. The topological polar surface area (TPSA) is 35.5 Å². The van der Waals surface area contributed by atoms with Gasteiger partial charge in [-0.25, -0.2) is 0 Å². The molecule has 0 aliphatic heterocycles. The van der Waals surface area contributed by atoms with E-state index >= 15 is 0 Å². The van der Waals surface area contributed by atoms with Crippen LogP contribution in [0, 0.1) is 0 Å². The smallest absolute Gasteiger partial charge is 0.133 e. The summed E-state index contributed by atoms with van der Waals surface area (Å²) in [6.07, 6.45) is 1.24. The van der Waals surface area contributed by atoms with Crippen molar-refractivity contribution in [1.82, 2.24) is 0 Å². The average Bonchev–Trinajstić information content (AvgIpc) is 2.22. The SMILES string of the molecule is CCOc1ccc(OCCC=O)c(Br)c1. The fourth-order valence-electron chi connectivity index (χ4n) is 1.07. The number of carbonyl (C=O) groups is 1. The third-order valence-electron chi connectivity index (χ3n) is 1.71. The van der Waals surface area contributed by atoms with Gasteiger partial charge in [-0.15, -0.1) is 0 Å². The van der Waals surface area contributed by atoms with E-state index in [1.165, 1.54) is 0 Å². The Balaban J connectivity index is 2.61. The monoisotopic (exact) mass is 272 g/mol. The van der Waals surface area contributed by atoms with Gasteiger partial charge >= 0.3 is 0 Å². The first-order valence-electron chi connectivity index (χ1n) is 4.76. The maximum Gasteiger partial charge on any atom is 0.133 e. The molecule has 0 spiro atoms. The zero-order valence-corrected chi connectivity index (χ0v) is 10.1. The third-order valence-corrected chi connectivity index (χ3v) is 2.33. The van der Waals surface area contributed by atoms with Gasteiger partial charge in [-0.1, -0.05) is 0 Å². The first-order valence-corrected chi connectivity index (χ1v) is 5.56. The van der Waals surface area contributed by atoms with E-state index in [-0.39, 0.29) is 0 Å². The van der Waals surface area contributed by atoms with Crippen molar-refractivity contribution in [3.05, 3.63) is 22.7 Å². The van der Waals surface area contributed by atoms with Gasteiger partial charge < -0.3 is 14.3 Å². The van der Waals surface area contributed by atoms with Gasteiger partial charge in [0.2, 0.25) is 0 Å². The summed E-state index contributed by atoms with van der Waals surface area (Å²) in [7, 11) is 0. The van der Waals surface area contributed by atoms with Gasteiger partial charge in [0.1, 0.15) is 17.8 Å². The van der Waals surface area contributed by atoms with Crippen molar-refractivity contribution in [2.75, 3.05) is 13.2 Å². The van der Waals surface area contributed by atoms with Crippen LogP contribution in [0.5, 0.6) is 11.5 Å². The highest BCUT2D eigenvalue weighted by Gasteiger charge is 2.02. The Morgan fingerprint density at radius 1 is 1.40 bits per heavy atom. The van der Waals surface area contributed by atoms with Crippen molar-refractivity contribution >= 4 is 22.2 Å². The van der Waals surface area contributed by atoms with Crippen molar-refractivity contribution in [2.24, 2.45) is 0 Å². The molecule has 0 aromatic heterocycles. The molecule has 0 saturated carbocycles. The number of aldehydes is 1. The summed E-state index contributed by atoms with van der Waals surface area (Å²) in [5, 5.41) is 0. The van der Waals surface area contributed by atoms with E-state index in [2.05, 4.69) is 15.9 Å². The molecule has 4 heteroatoms. The lowest BCUT2D eigenvalue weighted by Gasteiger charge is -2.08. The second kappa shape index (κ2) is 6.45. The van der Waals surface area contributed by atoms with Gasteiger partial charge in [0.25, 0.3) is 0 Å². The Morgan fingerprint density at radius 2 is 2.20 bits per heavy atom. The molecular weight excluding hydrogens is 260 g/mol. The molecule has 0 unspecified atom stereocenters. The highest BCUT2D eigenvalue weighted by atomic mass is 79.9. The van der Waals surface area contributed by atoms with Crippen LogP contribution < -0.4 is 9.47 Å². The van der Waals surface area contributed by atoms with Crippen molar-refractivity contribution in [3.8, 4) is 11.5 Å². The minimum atomic E-state index is 0.399. The zero-order chi connectivity index (χ0) is 11.1. The van der Waals surface area contributed by atoms with Crippen LogP contribution in [-0.2, 0) is 4.79 Å². The lowest BCUT2D eigenvalue weighted by Crippen LogP contribution is -1.98. The van der Waals surface area contributed by atoms with Crippen LogP contribution >= 0.6 is 15.9 Å². The molecule has 0 atom stereocenters. The minimum absolute atomic E-state index is 0.399. The molecule has 0 radical (unpaired) electrons. The van der Waals surface area contributed by atoms with Crippen LogP contribution in [-0.4, -0.2) is 19.5 Å². The summed E-state index contributed by atoms with van der Waals surface area (Å²) in [6.45, 7) is 2.97. The first-order chi connectivity index (χ1) is 7.27. The van der Waals surface area contributed by atoms with Crippen LogP contribution in [0.1, 0.15) is 13.3 Å². The predicted octanol–water partition coefficient (Wildman–Crippen LogP) is 2.82. The molecule has 0 fully saturated rings. The molecule has 0 bridgehead atoms. The van der Waals surface area contributed by atoms with Crippen molar-refractivity contribution < 1.29 is 14.3 Å². The third kappa shape index (κ3) is 3.91. The highest BCUT2D eigenvalue weighted by molar-refractivity contribution is 9.10. The van der Waals surface area contributed by atoms with Crippen molar-refractivity contribution in [2.45, 2.75) is 13.3 Å². The Bertz CT molecular complexity index is 326. The van der Waals surface area contributed by atoms with Gasteiger partial charge in [0, 0.05) is 6.42 Å². The minimum Gasteiger partial charge on any atom is -0.494 e. The molecule has 0 heterocycles. The molecule has 1 rings (SSSR count). The fraction of sp³-hybridized carbons (Fsp3) is 0.364. The molecule has 0 aliphatic rings. The van der Waals surface area contributed by atoms with E-state index < -0.39 is 0 Å². The number of carbonyl (C=O) groups excluding carboxylic acids is 1. The van der Waals surface area contributed by atoms with Crippen LogP contribution in [0.4, 0.5) is 0 Å². The summed E-state index contributed by atoms with van der Waals surface area (Å²) in [6, 6.07) is 5.50. The number of halogens is 1. The number of ether oxygens (including phenoxy) is 2. The fourth-order valence-corrected chi connectivity index (χ4v) is 1.54. The summed E-state index contributed by atoms with van der Waals surface area (Å²) in [5.41, 5.74) is 0. The Hall–Kier alpha value is -1.03. The lowest BCUT2D eigenvalue weighted by atomic mass is 10.3. The first kappa shape index (κ1) is 12.0. The standard InChI is InChI=1S/C11H13BrO3/c1-2-14-9-4-5-11(10(12)8-9)15-7-3-6-13/h4-6,8H,2-3,7H2,1H3. The summed E-state index contributed by atoms with van der Waals surface area (Å²) < 4.78 is 11.5. The van der Waals surface area contributed by atoms with Crippen molar-refractivity contribution in [3.63, 3.8) is 0 Å². The largest absolute Gasteiger partial charge is 0.494 e. The molecule has 82 valence electrons. The van der Waals surface area contributed by atoms with Crippen LogP contribution in [0.15, 0.2) is 22.7 Å². The number of benzene rings is 1. The Morgan fingerprint density at radius 3 is 2.80 bits per heavy atom. The molecule has 15 heavy (non-hydrogen) atoms. The molecule has 1 aromatic rings. The van der Waals surface area contributed by atoms with Gasteiger partial charge in [-0.3, -0.25) is 0 Å². The van der Waals surface area contributed by atoms with E-state index in [4.69, 9.17) is 9.47 Å². The summed E-state index contributed by atoms with van der Waals surface area (Å²) in [4.78, 5) is 10.1. The van der Waals surface area contributed by atoms with E-state index in [9.17, 15) is 4.79 Å². The van der Waals surface area contributed by atoms with Gasteiger partial charge in [0.05, 0.1) is 17.7 Å². The van der Waals surface area contributed by atoms with Crippen LogP contribution in [0.25, 0.3) is 0 Å². The van der Waals surface area contributed by atoms with E-state index in [0.29, 0.717) is 19.6 Å². The Kier molecular flexibility index (Phi) is 5.18. The highest BCUT2D eigenvalue weighted by Crippen LogP contribution is 2.29.